The van der Waals surface area contributed by atoms with Crippen molar-refractivity contribution in [3.8, 4) is 0 Å². The average Bonchev–Trinajstić information content (AvgIpc) is 2.72. The molecule has 0 aromatic heterocycles. The molecule has 2 aliphatic rings. The molecule has 0 spiro atoms. The van der Waals surface area contributed by atoms with Gasteiger partial charge >= 0.3 is 5.97 Å². The van der Waals surface area contributed by atoms with Crippen LogP contribution in [0.1, 0.15) is 24.1 Å². The Morgan fingerprint density at radius 3 is 2.72 bits per heavy atom. The summed E-state index contributed by atoms with van der Waals surface area (Å²) in [7, 11) is 3.26. The van der Waals surface area contributed by atoms with Gasteiger partial charge in [0.05, 0.1) is 12.0 Å². The number of nitrogens with zero attached hydrogens (tertiary/aromatic N) is 1. The first-order valence-corrected chi connectivity index (χ1v) is 6.35. The van der Waals surface area contributed by atoms with Crippen molar-refractivity contribution >= 4 is 0 Å². The Morgan fingerprint density at radius 1 is 1.28 bits per heavy atom. The maximum absolute atomic E-state index is 5.91. The van der Waals surface area contributed by atoms with Gasteiger partial charge in [-0.15, -0.1) is 0 Å². The summed E-state index contributed by atoms with van der Waals surface area (Å²) in [5, 5.41) is 2.00. The average molecular weight is 249 g/mol. The number of hydrogen-bond acceptors (Lipinski definition) is 4. The zero-order chi connectivity index (χ0) is 12.8. The summed E-state index contributed by atoms with van der Waals surface area (Å²) < 4.78 is 11.0. The van der Waals surface area contributed by atoms with E-state index < -0.39 is 5.97 Å². The first kappa shape index (κ1) is 12.1. The standard InChI is InChI=1S/C14H19NO3/c1-10-13-12-7-5-4-6-11(12)8-9-15(13)18-14(10,16-2)17-3/h4-7,10,13H,8-9H2,1-3H3/t10-,13+/m1/s1. The van der Waals surface area contributed by atoms with Gasteiger partial charge in [0.2, 0.25) is 0 Å². The summed E-state index contributed by atoms with van der Waals surface area (Å²) in [6.07, 6.45) is 1.00. The molecule has 1 aromatic rings. The summed E-state index contributed by atoms with van der Waals surface area (Å²) >= 11 is 0. The first-order valence-electron chi connectivity index (χ1n) is 6.35. The van der Waals surface area contributed by atoms with Crippen LogP contribution < -0.4 is 0 Å². The van der Waals surface area contributed by atoms with Gasteiger partial charge in [-0.25, -0.2) is 4.84 Å². The number of benzene rings is 1. The van der Waals surface area contributed by atoms with Crippen LogP contribution in [0.4, 0.5) is 0 Å². The Balaban J connectivity index is 2.02. The highest BCUT2D eigenvalue weighted by molar-refractivity contribution is 5.33. The van der Waals surface area contributed by atoms with E-state index in [1.165, 1.54) is 11.1 Å². The lowest BCUT2D eigenvalue weighted by Crippen LogP contribution is -2.39. The topological polar surface area (TPSA) is 30.9 Å². The maximum atomic E-state index is 5.91. The number of fused-ring (bicyclic) bond motifs is 3. The molecule has 0 N–H and O–H groups in total. The molecule has 4 heteroatoms. The Morgan fingerprint density at radius 2 is 2.00 bits per heavy atom. The Kier molecular flexibility index (Phi) is 2.90. The molecule has 0 radical (unpaired) electrons. The third kappa shape index (κ3) is 1.53. The molecule has 2 atom stereocenters. The second kappa shape index (κ2) is 4.31. The molecule has 0 unspecified atom stereocenters. The van der Waals surface area contributed by atoms with Crippen LogP contribution >= 0.6 is 0 Å². The van der Waals surface area contributed by atoms with Crippen LogP contribution in [-0.4, -0.2) is 31.8 Å². The monoisotopic (exact) mass is 249 g/mol. The fraction of sp³-hybridized carbons (Fsp3) is 0.571. The molecule has 0 amide bonds. The molecule has 2 aliphatic heterocycles. The smallest absolute Gasteiger partial charge is 0.303 e. The van der Waals surface area contributed by atoms with Gasteiger partial charge in [-0.1, -0.05) is 31.2 Å². The second-order valence-corrected chi connectivity index (χ2v) is 4.93. The zero-order valence-corrected chi connectivity index (χ0v) is 11.1. The van der Waals surface area contributed by atoms with E-state index in [0.29, 0.717) is 0 Å². The van der Waals surface area contributed by atoms with Crippen LogP contribution in [0, 0.1) is 5.92 Å². The van der Waals surface area contributed by atoms with Crippen molar-refractivity contribution in [2.45, 2.75) is 25.4 Å². The summed E-state index contributed by atoms with van der Waals surface area (Å²) in [6, 6.07) is 8.74. The van der Waals surface area contributed by atoms with Gasteiger partial charge in [0, 0.05) is 20.8 Å². The van der Waals surface area contributed by atoms with Gasteiger partial charge in [0.15, 0.2) is 0 Å². The first-order chi connectivity index (χ1) is 8.72. The number of ether oxygens (including phenoxy) is 2. The summed E-state index contributed by atoms with van der Waals surface area (Å²) in [5.74, 6) is -0.837. The van der Waals surface area contributed by atoms with Crippen LogP contribution in [0.15, 0.2) is 24.3 Å². The summed E-state index contributed by atoms with van der Waals surface area (Å²) in [5.41, 5.74) is 2.73. The molecule has 4 nitrogen and oxygen atoms in total. The van der Waals surface area contributed by atoms with Gasteiger partial charge in [0.25, 0.3) is 0 Å². The van der Waals surface area contributed by atoms with Crippen LogP contribution in [-0.2, 0) is 20.7 Å². The molecule has 0 aliphatic carbocycles. The molecular weight excluding hydrogens is 230 g/mol. The fourth-order valence-corrected chi connectivity index (χ4v) is 3.17. The van der Waals surface area contributed by atoms with Gasteiger partial charge in [-0.05, 0) is 17.5 Å². The predicted molar refractivity (Wildman–Crippen MR) is 66.6 cm³/mol. The normalized spacial score (nSPS) is 29.9. The van der Waals surface area contributed by atoms with Crippen molar-refractivity contribution in [2.75, 3.05) is 20.8 Å². The van der Waals surface area contributed by atoms with Crippen molar-refractivity contribution in [3.63, 3.8) is 0 Å². The lowest BCUT2D eigenvalue weighted by molar-refractivity contribution is -0.410. The van der Waals surface area contributed by atoms with E-state index in [1.807, 2.05) is 5.06 Å². The van der Waals surface area contributed by atoms with Gasteiger partial charge < -0.3 is 9.47 Å². The molecule has 1 saturated heterocycles. The zero-order valence-electron chi connectivity index (χ0n) is 11.1. The van der Waals surface area contributed by atoms with Crippen molar-refractivity contribution < 1.29 is 14.3 Å². The highest BCUT2D eigenvalue weighted by Crippen LogP contribution is 2.48. The minimum atomic E-state index is -0.956. The largest absolute Gasteiger partial charge is 0.329 e. The number of hydrogen-bond donors (Lipinski definition) is 0. The molecule has 0 bridgehead atoms. The number of rotatable bonds is 2. The third-order valence-corrected chi connectivity index (χ3v) is 4.13. The number of hydroxylamine groups is 2. The minimum Gasteiger partial charge on any atom is -0.329 e. The van der Waals surface area contributed by atoms with E-state index in [1.54, 1.807) is 14.2 Å². The Hall–Kier alpha value is -0.940. The van der Waals surface area contributed by atoms with E-state index in [2.05, 4.69) is 31.2 Å². The van der Waals surface area contributed by atoms with Crippen molar-refractivity contribution in [1.82, 2.24) is 5.06 Å². The van der Waals surface area contributed by atoms with E-state index in [9.17, 15) is 0 Å². The van der Waals surface area contributed by atoms with Crippen molar-refractivity contribution in [3.05, 3.63) is 35.4 Å². The van der Waals surface area contributed by atoms with E-state index in [4.69, 9.17) is 14.3 Å². The lowest BCUT2D eigenvalue weighted by atomic mass is 9.86. The van der Waals surface area contributed by atoms with E-state index >= 15 is 0 Å². The molecule has 1 fully saturated rings. The summed E-state index contributed by atoms with van der Waals surface area (Å²) in [4.78, 5) is 5.91. The molecule has 0 saturated carbocycles. The maximum Gasteiger partial charge on any atom is 0.303 e. The Labute approximate surface area is 107 Å². The molecule has 98 valence electrons. The molecule has 18 heavy (non-hydrogen) atoms. The second-order valence-electron chi connectivity index (χ2n) is 4.93. The molecule has 3 rings (SSSR count). The van der Waals surface area contributed by atoms with Crippen LogP contribution in [0.2, 0.25) is 0 Å². The summed E-state index contributed by atoms with van der Waals surface area (Å²) in [6.45, 7) is 2.99. The molecule has 1 aromatic carbocycles. The lowest BCUT2D eigenvalue weighted by Gasteiger charge is -2.30. The Bertz CT molecular complexity index is 444. The van der Waals surface area contributed by atoms with Crippen LogP contribution in [0.3, 0.4) is 0 Å². The quantitative estimate of drug-likeness (QED) is 0.751. The van der Waals surface area contributed by atoms with E-state index in [-0.39, 0.29) is 12.0 Å². The highest BCUT2D eigenvalue weighted by Gasteiger charge is 2.55. The van der Waals surface area contributed by atoms with Gasteiger partial charge in [-0.3, -0.25) is 0 Å². The number of methoxy groups -OCH3 is 2. The minimum absolute atomic E-state index is 0.119. The van der Waals surface area contributed by atoms with Gasteiger partial charge in [-0.2, -0.15) is 5.06 Å². The SMILES string of the molecule is COC1(OC)ON2CCc3ccccc3[C@@H]2[C@H]1C. The fourth-order valence-electron chi connectivity index (χ4n) is 3.17. The highest BCUT2D eigenvalue weighted by atomic mass is 16.9. The predicted octanol–water partition coefficient (Wildman–Crippen LogP) is 2.11. The van der Waals surface area contributed by atoms with E-state index in [0.717, 1.165) is 13.0 Å². The molecule has 2 heterocycles. The van der Waals surface area contributed by atoms with Crippen molar-refractivity contribution in [2.24, 2.45) is 5.92 Å². The third-order valence-electron chi connectivity index (χ3n) is 4.13. The van der Waals surface area contributed by atoms with Crippen LogP contribution in [0.25, 0.3) is 0 Å². The van der Waals surface area contributed by atoms with Crippen LogP contribution in [0.5, 0.6) is 0 Å². The van der Waals surface area contributed by atoms with Gasteiger partial charge in [0.1, 0.15) is 0 Å². The van der Waals surface area contributed by atoms with Crippen molar-refractivity contribution in [1.29, 1.82) is 0 Å². The molecular formula is C14H19NO3.